The highest BCUT2D eigenvalue weighted by molar-refractivity contribution is 14.0. The van der Waals surface area contributed by atoms with Crippen molar-refractivity contribution < 1.29 is 0 Å². The topological polar surface area (TPSA) is 49.3 Å². The molecule has 0 aromatic carbocycles. The zero-order valence-corrected chi connectivity index (χ0v) is 16.4. The van der Waals surface area contributed by atoms with Crippen LogP contribution < -0.4 is 10.6 Å². The molecule has 116 valence electrons. The van der Waals surface area contributed by atoms with E-state index in [1.807, 2.05) is 11.8 Å². The van der Waals surface area contributed by atoms with Crippen LogP contribution in [0.25, 0.3) is 0 Å². The summed E-state index contributed by atoms with van der Waals surface area (Å²) in [6.45, 7) is 6.84. The standard InChI is InChI=1S/C13H24N4S2.HI/c1-4-12-17-11(10-19-12)6-7-15-13(14-5-2)16-8-9-18-3;/h10H,4-9H2,1-3H3,(H2,14,15,16);1H. The van der Waals surface area contributed by atoms with Crippen LogP contribution in [0.15, 0.2) is 10.4 Å². The lowest BCUT2D eigenvalue weighted by atomic mass is 10.3. The van der Waals surface area contributed by atoms with Crippen LogP contribution in [0.2, 0.25) is 0 Å². The Bertz CT molecular complexity index is 382. The van der Waals surface area contributed by atoms with Gasteiger partial charge in [-0.1, -0.05) is 6.92 Å². The fourth-order valence-corrected chi connectivity index (χ4v) is 2.58. The minimum absolute atomic E-state index is 0. The molecule has 1 aromatic heterocycles. The van der Waals surface area contributed by atoms with Gasteiger partial charge in [-0.25, -0.2) is 4.98 Å². The van der Waals surface area contributed by atoms with Gasteiger partial charge in [0.2, 0.25) is 0 Å². The summed E-state index contributed by atoms with van der Waals surface area (Å²) >= 11 is 3.56. The number of rotatable bonds is 8. The molecule has 7 heteroatoms. The van der Waals surface area contributed by atoms with Gasteiger partial charge in [-0.2, -0.15) is 11.8 Å². The van der Waals surface area contributed by atoms with E-state index in [1.165, 1.54) is 10.7 Å². The molecule has 0 bridgehead atoms. The average molecular weight is 428 g/mol. The molecular formula is C13H25IN4S2. The normalized spacial score (nSPS) is 11.1. The van der Waals surface area contributed by atoms with Gasteiger partial charge in [0.1, 0.15) is 0 Å². The fourth-order valence-electron chi connectivity index (χ4n) is 1.53. The number of aromatic nitrogens is 1. The quantitative estimate of drug-likeness (QED) is 0.289. The molecule has 0 saturated heterocycles. The van der Waals surface area contributed by atoms with Crippen LogP contribution >= 0.6 is 47.1 Å². The Morgan fingerprint density at radius 2 is 2.20 bits per heavy atom. The van der Waals surface area contributed by atoms with Crippen LogP contribution in [0, 0.1) is 0 Å². The van der Waals surface area contributed by atoms with Crippen LogP contribution in [-0.4, -0.2) is 42.6 Å². The van der Waals surface area contributed by atoms with Crippen molar-refractivity contribution in [3.05, 3.63) is 16.1 Å². The Hall–Kier alpha value is -0.0200. The van der Waals surface area contributed by atoms with E-state index in [9.17, 15) is 0 Å². The molecule has 0 unspecified atom stereocenters. The molecule has 0 aliphatic carbocycles. The van der Waals surface area contributed by atoms with Gasteiger partial charge in [0, 0.05) is 30.6 Å². The predicted molar refractivity (Wildman–Crippen MR) is 103 cm³/mol. The second kappa shape index (κ2) is 12.7. The Morgan fingerprint density at radius 1 is 1.40 bits per heavy atom. The van der Waals surface area contributed by atoms with Crippen molar-refractivity contribution in [1.29, 1.82) is 0 Å². The monoisotopic (exact) mass is 428 g/mol. The van der Waals surface area contributed by atoms with Crippen molar-refractivity contribution in [3.63, 3.8) is 0 Å². The molecule has 4 nitrogen and oxygen atoms in total. The SMILES string of the molecule is CCNC(=NCCSC)NCCc1csc(CC)n1.I. The molecule has 0 aliphatic heterocycles. The molecule has 1 rings (SSSR count). The van der Waals surface area contributed by atoms with E-state index in [0.717, 1.165) is 44.2 Å². The molecule has 0 atom stereocenters. The average Bonchev–Trinajstić information content (AvgIpc) is 2.87. The van der Waals surface area contributed by atoms with Crippen LogP contribution in [0.4, 0.5) is 0 Å². The third-order valence-corrected chi connectivity index (χ3v) is 4.12. The van der Waals surface area contributed by atoms with Crippen LogP contribution in [0.5, 0.6) is 0 Å². The molecule has 2 N–H and O–H groups in total. The van der Waals surface area contributed by atoms with Crippen LogP contribution in [0.3, 0.4) is 0 Å². The largest absolute Gasteiger partial charge is 0.357 e. The number of aliphatic imine (C=N–C) groups is 1. The molecule has 0 radical (unpaired) electrons. The zero-order valence-electron chi connectivity index (χ0n) is 12.4. The van der Waals surface area contributed by atoms with E-state index in [1.54, 1.807) is 11.3 Å². The number of halogens is 1. The number of hydrogen-bond donors (Lipinski definition) is 2. The Kier molecular flexibility index (Phi) is 12.7. The molecule has 1 aromatic rings. The maximum Gasteiger partial charge on any atom is 0.191 e. The lowest BCUT2D eigenvalue weighted by Crippen LogP contribution is -2.38. The van der Waals surface area contributed by atoms with Gasteiger partial charge in [0.25, 0.3) is 0 Å². The molecule has 0 spiro atoms. The zero-order chi connectivity index (χ0) is 13.9. The highest BCUT2D eigenvalue weighted by Gasteiger charge is 2.01. The van der Waals surface area contributed by atoms with Crippen molar-refractivity contribution in [2.24, 2.45) is 4.99 Å². The Balaban J connectivity index is 0.00000361. The van der Waals surface area contributed by atoms with Gasteiger partial charge in [-0.15, -0.1) is 35.3 Å². The van der Waals surface area contributed by atoms with Gasteiger partial charge >= 0.3 is 0 Å². The summed E-state index contributed by atoms with van der Waals surface area (Å²) in [4.78, 5) is 9.07. The van der Waals surface area contributed by atoms with Crippen molar-refractivity contribution in [2.45, 2.75) is 26.7 Å². The summed E-state index contributed by atoms with van der Waals surface area (Å²) in [6.07, 6.45) is 4.07. The van der Waals surface area contributed by atoms with E-state index in [-0.39, 0.29) is 24.0 Å². The highest BCUT2D eigenvalue weighted by Crippen LogP contribution is 2.10. The van der Waals surface area contributed by atoms with E-state index in [0.29, 0.717) is 0 Å². The molecule has 0 fully saturated rings. The number of aryl methyl sites for hydroxylation is 1. The predicted octanol–water partition coefficient (Wildman–Crippen LogP) is 2.78. The number of nitrogens with zero attached hydrogens (tertiary/aromatic N) is 2. The first-order valence-corrected chi connectivity index (χ1v) is 9.01. The molecular weight excluding hydrogens is 403 g/mol. The summed E-state index contributed by atoms with van der Waals surface area (Å²) in [6, 6.07) is 0. The van der Waals surface area contributed by atoms with E-state index in [2.05, 4.69) is 46.1 Å². The number of hydrogen-bond acceptors (Lipinski definition) is 4. The summed E-state index contributed by atoms with van der Waals surface area (Å²) in [7, 11) is 0. The second-order valence-corrected chi connectivity index (χ2v) is 5.94. The third kappa shape index (κ3) is 8.31. The molecule has 20 heavy (non-hydrogen) atoms. The van der Waals surface area contributed by atoms with Gasteiger partial charge in [0.15, 0.2) is 5.96 Å². The van der Waals surface area contributed by atoms with Gasteiger partial charge in [-0.05, 0) is 19.6 Å². The molecule has 1 heterocycles. The van der Waals surface area contributed by atoms with E-state index in [4.69, 9.17) is 0 Å². The minimum Gasteiger partial charge on any atom is -0.357 e. The smallest absolute Gasteiger partial charge is 0.191 e. The first-order chi connectivity index (χ1) is 9.30. The first kappa shape index (κ1) is 20.0. The third-order valence-electron chi connectivity index (χ3n) is 2.48. The van der Waals surface area contributed by atoms with Crippen LogP contribution in [0.1, 0.15) is 24.5 Å². The van der Waals surface area contributed by atoms with E-state index < -0.39 is 0 Å². The summed E-state index contributed by atoms with van der Waals surface area (Å²) in [5.74, 6) is 1.96. The van der Waals surface area contributed by atoms with Gasteiger partial charge in [-0.3, -0.25) is 4.99 Å². The summed E-state index contributed by atoms with van der Waals surface area (Å²) in [5, 5.41) is 9.97. The summed E-state index contributed by atoms with van der Waals surface area (Å²) < 4.78 is 0. The number of nitrogens with one attached hydrogen (secondary N) is 2. The molecule has 0 aliphatic rings. The molecule has 0 saturated carbocycles. The maximum absolute atomic E-state index is 4.56. The van der Waals surface area contributed by atoms with Gasteiger partial charge < -0.3 is 10.6 Å². The lowest BCUT2D eigenvalue weighted by Gasteiger charge is -2.10. The van der Waals surface area contributed by atoms with Crippen LogP contribution in [-0.2, 0) is 12.8 Å². The van der Waals surface area contributed by atoms with E-state index >= 15 is 0 Å². The molecule has 0 amide bonds. The first-order valence-electron chi connectivity index (χ1n) is 6.74. The van der Waals surface area contributed by atoms with Gasteiger partial charge in [0.05, 0.1) is 17.2 Å². The van der Waals surface area contributed by atoms with Crippen molar-refractivity contribution in [2.75, 3.05) is 31.6 Å². The maximum atomic E-state index is 4.56. The summed E-state index contributed by atoms with van der Waals surface area (Å²) in [5.41, 5.74) is 1.18. The number of thioether (sulfide) groups is 1. The Labute approximate surface area is 147 Å². The Morgan fingerprint density at radius 3 is 2.80 bits per heavy atom. The number of thiazole rings is 1. The van der Waals surface area contributed by atoms with Crippen molar-refractivity contribution >= 4 is 53.0 Å². The lowest BCUT2D eigenvalue weighted by molar-refractivity contribution is 0.792. The highest BCUT2D eigenvalue weighted by atomic mass is 127. The fraction of sp³-hybridized carbons (Fsp3) is 0.692. The second-order valence-electron chi connectivity index (χ2n) is 4.02. The number of guanidine groups is 1. The van der Waals surface area contributed by atoms with Crippen molar-refractivity contribution in [1.82, 2.24) is 15.6 Å². The minimum atomic E-state index is 0. The van der Waals surface area contributed by atoms with Crippen molar-refractivity contribution in [3.8, 4) is 0 Å².